The first-order valence-corrected chi connectivity index (χ1v) is 8.33. The Labute approximate surface area is 137 Å². The Morgan fingerprint density at radius 3 is 2.87 bits per heavy atom. The van der Waals surface area contributed by atoms with E-state index in [1.54, 1.807) is 12.5 Å². The van der Waals surface area contributed by atoms with Crippen molar-refractivity contribution >= 4 is 0 Å². The highest BCUT2D eigenvalue weighted by atomic mass is 15.4. The van der Waals surface area contributed by atoms with E-state index in [1.165, 1.54) is 30.4 Å². The Morgan fingerprint density at radius 2 is 2.17 bits per heavy atom. The van der Waals surface area contributed by atoms with Crippen LogP contribution < -0.4 is 0 Å². The molecule has 3 rings (SSSR count). The predicted molar refractivity (Wildman–Crippen MR) is 89.9 cm³/mol. The van der Waals surface area contributed by atoms with Crippen LogP contribution in [0.15, 0.2) is 35.9 Å². The molecule has 2 aromatic rings. The van der Waals surface area contributed by atoms with Crippen molar-refractivity contribution in [2.24, 2.45) is 5.41 Å². The molecule has 0 saturated heterocycles. The van der Waals surface area contributed by atoms with Crippen LogP contribution in [-0.4, -0.2) is 25.0 Å². The molecule has 23 heavy (non-hydrogen) atoms. The van der Waals surface area contributed by atoms with Gasteiger partial charge in [0.25, 0.3) is 0 Å². The normalized spacial score (nSPS) is 19.0. The molecular weight excluding hydrogens is 286 g/mol. The summed E-state index contributed by atoms with van der Waals surface area (Å²) in [6.07, 6.45) is 10.0. The lowest BCUT2D eigenvalue weighted by Gasteiger charge is -2.34. The highest BCUT2D eigenvalue weighted by molar-refractivity contribution is 5.26. The quantitative estimate of drug-likeness (QED) is 0.807. The maximum atomic E-state index is 4.39. The molecule has 0 N–H and O–H groups in total. The molecule has 0 fully saturated rings. The van der Waals surface area contributed by atoms with Gasteiger partial charge < -0.3 is 0 Å². The van der Waals surface area contributed by atoms with Crippen molar-refractivity contribution in [3.05, 3.63) is 47.3 Å². The number of hydrogen-bond acceptors (Lipinski definition) is 4. The molecule has 0 spiro atoms. The molecule has 5 heteroatoms. The summed E-state index contributed by atoms with van der Waals surface area (Å²) >= 11 is 0. The molecule has 5 nitrogen and oxygen atoms in total. The van der Waals surface area contributed by atoms with Gasteiger partial charge in [0.2, 0.25) is 0 Å². The highest BCUT2D eigenvalue weighted by Gasteiger charge is 2.29. The van der Waals surface area contributed by atoms with Gasteiger partial charge in [-0.25, -0.2) is 14.6 Å². The summed E-state index contributed by atoms with van der Waals surface area (Å²) in [6.45, 7) is 9.04. The SMILES string of the molecule is CC1=C(Cc2cn([C@@H](C)c3ccncn3)nn2)C(C)(C)CCC1. The third-order valence-electron chi connectivity index (χ3n) is 5.03. The Kier molecular flexibility index (Phi) is 4.28. The summed E-state index contributed by atoms with van der Waals surface area (Å²) in [6, 6.07) is 1.98. The van der Waals surface area contributed by atoms with Crippen LogP contribution in [0.3, 0.4) is 0 Å². The maximum Gasteiger partial charge on any atom is 0.115 e. The largest absolute Gasteiger partial charge is 0.245 e. The van der Waals surface area contributed by atoms with E-state index in [0.29, 0.717) is 0 Å². The average Bonchev–Trinajstić information content (AvgIpc) is 3.00. The van der Waals surface area contributed by atoms with Gasteiger partial charge in [-0.1, -0.05) is 30.2 Å². The summed E-state index contributed by atoms with van der Waals surface area (Å²) in [5.74, 6) is 0. The van der Waals surface area contributed by atoms with Crippen molar-refractivity contribution in [3.63, 3.8) is 0 Å². The van der Waals surface area contributed by atoms with E-state index >= 15 is 0 Å². The van der Waals surface area contributed by atoms with E-state index in [1.807, 2.05) is 10.7 Å². The minimum Gasteiger partial charge on any atom is -0.245 e. The second-order valence-corrected chi connectivity index (χ2v) is 7.17. The third kappa shape index (κ3) is 3.33. The molecule has 1 aliphatic rings. The zero-order chi connectivity index (χ0) is 16.4. The summed E-state index contributed by atoms with van der Waals surface area (Å²) in [5, 5.41) is 8.71. The number of nitrogens with zero attached hydrogens (tertiary/aromatic N) is 5. The molecule has 0 amide bonds. The van der Waals surface area contributed by atoms with Crippen LogP contribution in [0.2, 0.25) is 0 Å². The van der Waals surface area contributed by atoms with Crippen molar-refractivity contribution in [2.45, 2.75) is 59.4 Å². The Hall–Kier alpha value is -2.04. The molecular formula is C18H25N5. The first-order valence-electron chi connectivity index (χ1n) is 8.33. The van der Waals surface area contributed by atoms with Gasteiger partial charge in [-0.05, 0) is 44.6 Å². The lowest BCUT2D eigenvalue weighted by Crippen LogP contribution is -2.22. The van der Waals surface area contributed by atoms with Crippen molar-refractivity contribution in [3.8, 4) is 0 Å². The van der Waals surface area contributed by atoms with Gasteiger partial charge in [-0.3, -0.25) is 0 Å². The van der Waals surface area contributed by atoms with Crippen LogP contribution in [0.4, 0.5) is 0 Å². The molecule has 0 aromatic carbocycles. The van der Waals surface area contributed by atoms with E-state index in [-0.39, 0.29) is 11.5 Å². The lowest BCUT2D eigenvalue weighted by atomic mass is 9.71. The summed E-state index contributed by atoms with van der Waals surface area (Å²) in [4.78, 5) is 8.27. The maximum absolute atomic E-state index is 4.39. The van der Waals surface area contributed by atoms with Crippen LogP contribution in [0, 0.1) is 5.41 Å². The molecule has 0 bridgehead atoms. The van der Waals surface area contributed by atoms with Crippen molar-refractivity contribution in [2.75, 3.05) is 0 Å². The molecule has 1 atom stereocenters. The van der Waals surface area contributed by atoms with E-state index in [9.17, 15) is 0 Å². The van der Waals surface area contributed by atoms with Crippen LogP contribution in [-0.2, 0) is 6.42 Å². The predicted octanol–water partition coefficient (Wildman–Crippen LogP) is 3.75. The smallest absolute Gasteiger partial charge is 0.115 e. The monoisotopic (exact) mass is 311 g/mol. The number of allylic oxidation sites excluding steroid dienone is 2. The van der Waals surface area contributed by atoms with Crippen LogP contribution in [0.5, 0.6) is 0 Å². The standard InChI is InChI=1S/C18H25N5/c1-13-6-5-8-18(3,4)16(13)10-15-11-23(22-21-15)14(2)17-7-9-19-12-20-17/h7,9,11-12,14H,5-6,8,10H2,1-4H3/t14-/m0/s1. The van der Waals surface area contributed by atoms with Gasteiger partial charge >= 0.3 is 0 Å². The van der Waals surface area contributed by atoms with Gasteiger partial charge in [0, 0.05) is 18.8 Å². The Bertz CT molecular complexity index is 699. The second kappa shape index (κ2) is 6.22. The van der Waals surface area contributed by atoms with Gasteiger partial charge in [0.05, 0.1) is 17.4 Å². The fourth-order valence-electron chi connectivity index (χ4n) is 3.51. The zero-order valence-corrected chi connectivity index (χ0v) is 14.5. The Morgan fingerprint density at radius 1 is 1.35 bits per heavy atom. The Balaban J connectivity index is 1.80. The summed E-state index contributed by atoms with van der Waals surface area (Å²) < 4.78 is 1.89. The topological polar surface area (TPSA) is 56.5 Å². The highest BCUT2D eigenvalue weighted by Crippen LogP contribution is 2.41. The van der Waals surface area contributed by atoms with Crippen molar-refractivity contribution < 1.29 is 0 Å². The average molecular weight is 311 g/mol. The summed E-state index contributed by atoms with van der Waals surface area (Å²) in [5.41, 5.74) is 5.31. The second-order valence-electron chi connectivity index (χ2n) is 7.17. The molecule has 2 aromatic heterocycles. The molecule has 0 aliphatic heterocycles. The number of rotatable bonds is 4. The first-order chi connectivity index (χ1) is 11.0. The summed E-state index contributed by atoms with van der Waals surface area (Å²) in [7, 11) is 0. The van der Waals surface area contributed by atoms with Crippen LogP contribution >= 0.6 is 0 Å². The van der Waals surface area contributed by atoms with Crippen LogP contribution in [0.25, 0.3) is 0 Å². The minimum absolute atomic E-state index is 0.0636. The molecule has 122 valence electrons. The van der Waals surface area contributed by atoms with E-state index < -0.39 is 0 Å². The van der Waals surface area contributed by atoms with Gasteiger partial charge in [0.15, 0.2) is 0 Å². The zero-order valence-electron chi connectivity index (χ0n) is 14.5. The fourth-order valence-corrected chi connectivity index (χ4v) is 3.51. The molecule has 0 unspecified atom stereocenters. The van der Waals surface area contributed by atoms with E-state index in [0.717, 1.165) is 17.8 Å². The molecule has 0 saturated carbocycles. The lowest BCUT2D eigenvalue weighted by molar-refractivity contribution is 0.358. The van der Waals surface area contributed by atoms with E-state index in [4.69, 9.17) is 0 Å². The van der Waals surface area contributed by atoms with Crippen molar-refractivity contribution in [1.82, 2.24) is 25.0 Å². The first kappa shape index (κ1) is 15.8. The van der Waals surface area contributed by atoms with Crippen molar-refractivity contribution in [1.29, 1.82) is 0 Å². The number of hydrogen-bond donors (Lipinski definition) is 0. The fraction of sp³-hybridized carbons (Fsp3) is 0.556. The van der Waals surface area contributed by atoms with Gasteiger partial charge in [0.1, 0.15) is 6.33 Å². The molecule has 2 heterocycles. The molecule has 0 radical (unpaired) electrons. The van der Waals surface area contributed by atoms with Crippen LogP contribution in [0.1, 0.15) is 64.4 Å². The van der Waals surface area contributed by atoms with E-state index in [2.05, 4.69) is 54.2 Å². The molecule has 1 aliphatic carbocycles. The minimum atomic E-state index is 0.0636. The van der Waals surface area contributed by atoms with Gasteiger partial charge in [-0.15, -0.1) is 5.10 Å². The third-order valence-corrected chi connectivity index (χ3v) is 5.03. The number of aromatic nitrogens is 5. The van der Waals surface area contributed by atoms with Gasteiger partial charge in [-0.2, -0.15) is 0 Å².